The summed E-state index contributed by atoms with van der Waals surface area (Å²) in [5, 5.41) is 0. The molecule has 7 heavy (non-hydrogen) atoms. The predicted molar refractivity (Wildman–Crippen MR) is 30.6 cm³/mol. The van der Waals surface area contributed by atoms with Gasteiger partial charge in [0, 0.05) is 11.1 Å². The van der Waals surface area contributed by atoms with Gasteiger partial charge in [0.15, 0.2) is 0 Å². The molecule has 0 radical (unpaired) electrons. The fourth-order valence-electron chi connectivity index (χ4n) is 0.696. The van der Waals surface area contributed by atoms with E-state index in [1.54, 1.807) is 16.4 Å². The lowest BCUT2D eigenvalue weighted by atomic mass is 10.4. The maximum absolute atomic E-state index is 3.04. The molecule has 1 aromatic heterocycles. The summed E-state index contributed by atoms with van der Waals surface area (Å²) in [5.74, 6) is 0.964. The maximum atomic E-state index is 3.04. The van der Waals surface area contributed by atoms with Crippen LogP contribution in [0.15, 0.2) is 6.20 Å². The number of H-pyrrole nitrogens is 1. The number of hydrogen-bond acceptors (Lipinski definition) is 1. The van der Waals surface area contributed by atoms with Gasteiger partial charge in [-0.25, -0.2) is 0 Å². The second-order valence-electron chi connectivity index (χ2n) is 2.04. The number of nitrogens with one attached hydrogen (secondary N) is 1. The van der Waals surface area contributed by atoms with Crippen LogP contribution in [0.4, 0.5) is 0 Å². The first-order chi connectivity index (χ1) is 3.47. The molecule has 0 amide bonds. The lowest BCUT2D eigenvalue weighted by molar-refractivity contribution is 1.14. The fraction of sp³-hybridized carbons (Fsp3) is 0.600. The maximum Gasteiger partial charge on any atom is 0.0415 e. The summed E-state index contributed by atoms with van der Waals surface area (Å²) in [7, 11) is 0. The van der Waals surface area contributed by atoms with Crippen molar-refractivity contribution in [3.8, 4) is 0 Å². The zero-order chi connectivity index (χ0) is 4.69. The highest BCUT2D eigenvalue weighted by molar-refractivity contribution is 7.06. The van der Waals surface area contributed by atoms with E-state index in [9.17, 15) is 0 Å². The van der Waals surface area contributed by atoms with E-state index >= 15 is 0 Å². The highest BCUT2D eigenvalue weighted by Gasteiger charge is 2.25. The van der Waals surface area contributed by atoms with Gasteiger partial charge in [-0.1, -0.05) is 11.5 Å². The van der Waals surface area contributed by atoms with Gasteiger partial charge in [-0.2, -0.15) is 0 Å². The average Bonchev–Trinajstić information content (AvgIpc) is 2.10. The van der Waals surface area contributed by atoms with Gasteiger partial charge in [0.05, 0.1) is 0 Å². The Morgan fingerprint density at radius 3 is 2.57 bits per heavy atom. The molecule has 0 unspecified atom stereocenters. The number of aromatic nitrogens is 1. The van der Waals surface area contributed by atoms with Crippen molar-refractivity contribution in [2.75, 3.05) is 0 Å². The standard InChI is InChI=1S/C5H7NS/c1-2-4(1)5-3-6-7-5/h3-4,6H,1-2H2. The molecule has 2 heteroatoms. The molecule has 0 aliphatic heterocycles. The van der Waals surface area contributed by atoms with E-state index in [1.807, 2.05) is 0 Å². The normalized spacial score (nSPS) is 20.6. The summed E-state index contributed by atoms with van der Waals surface area (Å²) < 4.78 is 3.04. The molecule has 1 fully saturated rings. The molecule has 0 aromatic carbocycles. The van der Waals surface area contributed by atoms with Crippen LogP contribution < -0.4 is 0 Å². The minimum atomic E-state index is 0.964. The first-order valence-electron chi connectivity index (χ1n) is 2.59. The Bertz CT molecular complexity index is 141. The third kappa shape index (κ3) is 0.500. The molecule has 1 saturated carbocycles. The van der Waals surface area contributed by atoms with Gasteiger partial charge < -0.3 is 4.37 Å². The van der Waals surface area contributed by atoms with Crippen LogP contribution in [0.2, 0.25) is 0 Å². The Kier molecular flexibility index (Phi) is 0.600. The van der Waals surface area contributed by atoms with Crippen LogP contribution in [0.3, 0.4) is 0 Å². The van der Waals surface area contributed by atoms with E-state index in [0.29, 0.717) is 0 Å². The van der Waals surface area contributed by atoms with E-state index in [4.69, 9.17) is 0 Å². The van der Waals surface area contributed by atoms with Gasteiger partial charge in [-0.3, -0.25) is 0 Å². The van der Waals surface area contributed by atoms with Crippen LogP contribution in [-0.4, -0.2) is 4.37 Å². The lowest BCUT2D eigenvalue weighted by Gasteiger charge is -1.95. The number of hydrogen-bond donors (Lipinski definition) is 1. The van der Waals surface area contributed by atoms with E-state index in [2.05, 4.69) is 10.6 Å². The van der Waals surface area contributed by atoms with Gasteiger partial charge in [-0.15, -0.1) is 0 Å². The van der Waals surface area contributed by atoms with Crippen molar-refractivity contribution in [1.29, 1.82) is 0 Å². The molecular weight excluding hydrogens is 106 g/mol. The topological polar surface area (TPSA) is 15.8 Å². The molecule has 1 N–H and O–H groups in total. The van der Waals surface area contributed by atoms with E-state index in [0.717, 1.165) is 5.92 Å². The van der Waals surface area contributed by atoms with Crippen LogP contribution in [0.1, 0.15) is 23.6 Å². The SMILES string of the molecule is c1[nH]sc1C1CC1. The molecule has 0 saturated heterocycles. The summed E-state index contributed by atoms with van der Waals surface area (Å²) in [5.41, 5.74) is 0. The van der Waals surface area contributed by atoms with E-state index in [1.165, 1.54) is 12.8 Å². The smallest absolute Gasteiger partial charge is 0.0415 e. The van der Waals surface area contributed by atoms with Crippen molar-refractivity contribution in [1.82, 2.24) is 4.37 Å². The molecule has 38 valence electrons. The lowest BCUT2D eigenvalue weighted by Crippen LogP contribution is -1.78. The van der Waals surface area contributed by atoms with Crippen LogP contribution in [-0.2, 0) is 0 Å². The second kappa shape index (κ2) is 1.13. The molecule has 2 rings (SSSR count). The van der Waals surface area contributed by atoms with Crippen LogP contribution in [0.5, 0.6) is 0 Å². The third-order valence-electron chi connectivity index (χ3n) is 1.36. The fourth-order valence-corrected chi connectivity index (χ4v) is 1.35. The van der Waals surface area contributed by atoms with Crippen molar-refractivity contribution in [2.45, 2.75) is 18.8 Å². The Morgan fingerprint density at radius 2 is 2.43 bits per heavy atom. The summed E-state index contributed by atoms with van der Waals surface area (Å²) in [6, 6.07) is 0. The molecule has 1 nitrogen and oxygen atoms in total. The molecule has 1 aromatic rings. The van der Waals surface area contributed by atoms with Gasteiger partial charge in [0.1, 0.15) is 0 Å². The molecule has 1 aliphatic rings. The van der Waals surface area contributed by atoms with E-state index < -0.39 is 0 Å². The summed E-state index contributed by atoms with van der Waals surface area (Å²) in [6.07, 6.45) is 4.98. The van der Waals surface area contributed by atoms with Crippen molar-refractivity contribution in [2.24, 2.45) is 0 Å². The quantitative estimate of drug-likeness (QED) is 0.573. The minimum absolute atomic E-state index is 0.964. The average molecular weight is 113 g/mol. The van der Waals surface area contributed by atoms with Gasteiger partial charge >= 0.3 is 0 Å². The highest BCUT2D eigenvalue weighted by atomic mass is 32.1. The molecular formula is C5H7NS. The number of aromatic amines is 1. The zero-order valence-electron chi connectivity index (χ0n) is 3.98. The molecule has 0 bridgehead atoms. The minimum Gasteiger partial charge on any atom is -0.317 e. The third-order valence-corrected chi connectivity index (χ3v) is 2.28. The Balaban J connectivity index is 2.17. The van der Waals surface area contributed by atoms with Crippen LogP contribution in [0.25, 0.3) is 0 Å². The Hall–Kier alpha value is -0.240. The Morgan fingerprint density at radius 1 is 1.71 bits per heavy atom. The summed E-state index contributed by atoms with van der Waals surface area (Å²) in [6.45, 7) is 0. The summed E-state index contributed by atoms with van der Waals surface area (Å²) >= 11 is 1.79. The molecule has 1 aliphatic carbocycles. The monoisotopic (exact) mass is 113 g/mol. The molecule has 1 heterocycles. The number of rotatable bonds is 1. The van der Waals surface area contributed by atoms with Gasteiger partial charge in [-0.05, 0) is 18.8 Å². The molecule has 0 spiro atoms. The first kappa shape index (κ1) is 3.72. The van der Waals surface area contributed by atoms with Crippen molar-refractivity contribution >= 4 is 11.5 Å². The van der Waals surface area contributed by atoms with Crippen LogP contribution >= 0.6 is 11.5 Å². The summed E-state index contributed by atoms with van der Waals surface area (Å²) in [4.78, 5) is 1.57. The highest BCUT2D eigenvalue weighted by Crippen LogP contribution is 2.42. The van der Waals surface area contributed by atoms with Crippen molar-refractivity contribution < 1.29 is 0 Å². The molecule has 0 atom stereocenters. The van der Waals surface area contributed by atoms with Crippen molar-refractivity contribution in [3.63, 3.8) is 0 Å². The van der Waals surface area contributed by atoms with Crippen LogP contribution in [0, 0.1) is 0 Å². The zero-order valence-corrected chi connectivity index (χ0v) is 4.79. The first-order valence-corrected chi connectivity index (χ1v) is 3.41. The predicted octanol–water partition coefficient (Wildman–Crippen LogP) is 1.95. The largest absolute Gasteiger partial charge is 0.317 e. The van der Waals surface area contributed by atoms with Gasteiger partial charge in [0.2, 0.25) is 0 Å². The second-order valence-corrected chi connectivity index (χ2v) is 2.95. The van der Waals surface area contributed by atoms with Gasteiger partial charge in [0.25, 0.3) is 0 Å². The van der Waals surface area contributed by atoms with E-state index in [-0.39, 0.29) is 0 Å². The Labute approximate surface area is 46.5 Å². The van der Waals surface area contributed by atoms with Crippen molar-refractivity contribution in [3.05, 3.63) is 11.1 Å².